The number of nitrogens with one attached hydrogen (secondary N) is 1. The molecule has 32 heavy (non-hydrogen) atoms. The number of anilines is 1. The Balaban J connectivity index is 1.56. The second-order valence-corrected chi connectivity index (χ2v) is 7.87. The molecule has 2 aromatic carbocycles. The van der Waals surface area contributed by atoms with Gasteiger partial charge in [0.05, 0.1) is 17.1 Å². The number of rotatable bonds is 4. The molecule has 0 radical (unpaired) electrons. The second-order valence-electron chi connectivity index (χ2n) is 7.46. The van der Waals surface area contributed by atoms with Crippen LogP contribution in [0.4, 0.5) is 5.69 Å². The molecule has 8 nitrogen and oxygen atoms in total. The normalized spacial score (nSPS) is 11.3. The summed E-state index contributed by atoms with van der Waals surface area (Å²) in [6.07, 6.45) is 0. The number of aromatic nitrogens is 3. The van der Waals surface area contributed by atoms with Crippen molar-refractivity contribution in [2.75, 3.05) is 5.32 Å². The highest BCUT2D eigenvalue weighted by Gasteiger charge is 2.19. The van der Waals surface area contributed by atoms with Crippen LogP contribution >= 0.6 is 11.6 Å². The van der Waals surface area contributed by atoms with Gasteiger partial charge in [-0.1, -0.05) is 40.1 Å². The number of fused-ring (bicyclic) bond motifs is 3. The molecular formula is C23H17ClN4O4. The van der Waals surface area contributed by atoms with E-state index in [0.29, 0.717) is 44.0 Å². The lowest BCUT2D eigenvalue weighted by Gasteiger charge is -2.13. The van der Waals surface area contributed by atoms with Gasteiger partial charge < -0.3 is 18.9 Å². The number of aryl methyl sites for hydroxylation is 2. The standard InChI is InChI=1S/C23H17ClN4O4/c1-12-9-17(26-31-12)22(29)25-15-6-3-5-14(10-15)11-28-18-8-4-7-16(24)20(18)21-19(23(28)30)13(2)32-27-21/h3-10H,11H2,1-2H3,(H,25,29). The maximum absolute atomic E-state index is 13.3. The molecule has 0 atom stereocenters. The molecule has 1 amide bonds. The van der Waals surface area contributed by atoms with Crippen molar-refractivity contribution in [2.24, 2.45) is 0 Å². The van der Waals surface area contributed by atoms with E-state index >= 15 is 0 Å². The minimum absolute atomic E-state index is 0.193. The van der Waals surface area contributed by atoms with E-state index in [1.54, 1.807) is 48.7 Å². The molecule has 0 aliphatic heterocycles. The Kier molecular flexibility index (Phi) is 4.79. The van der Waals surface area contributed by atoms with Crippen molar-refractivity contribution >= 4 is 45.0 Å². The minimum Gasteiger partial charge on any atom is -0.361 e. The first kappa shape index (κ1) is 20.0. The maximum Gasteiger partial charge on any atom is 0.277 e. The fourth-order valence-corrected chi connectivity index (χ4v) is 4.03. The summed E-state index contributed by atoms with van der Waals surface area (Å²) in [7, 11) is 0. The van der Waals surface area contributed by atoms with E-state index in [4.69, 9.17) is 20.6 Å². The van der Waals surface area contributed by atoms with Crippen LogP contribution < -0.4 is 10.9 Å². The predicted octanol–water partition coefficient (Wildman–Crippen LogP) is 4.70. The van der Waals surface area contributed by atoms with Crippen LogP contribution in [0.15, 0.2) is 62.4 Å². The molecule has 5 aromatic rings. The van der Waals surface area contributed by atoms with Crippen LogP contribution in [0.5, 0.6) is 0 Å². The van der Waals surface area contributed by atoms with Crippen molar-refractivity contribution < 1.29 is 13.8 Å². The number of hydrogen-bond acceptors (Lipinski definition) is 6. The molecule has 3 aromatic heterocycles. The van der Waals surface area contributed by atoms with Gasteiger partial charge in [-0.3, -0.25) is 9.59 Å². The van der Waals surface area contributed by atoms with Gasteiger partial charge in [0.25, 0.3) is 11.5 Å². The lowest BCUT2D eigenvalue weighted by molar-refractivity contribution is 0.101. The zero-order valence-corrected chi connectivity index (χ0v) is 17.9. The lowest BCUT2D eigenvalue weighted by atomic mass is 10.1. The molecule has 1 N–H and O–H groups in total. The number of pyridine rings is 1. The molecular weight excluding hydrogens is 432 g/mol. The van der Waals surface area contributed by atoms with Gasteiger partial charge in [-0.15, -0.1) is 0 Å². The Morgan fingerprint density at radius 2 is 1.88 bits per heavy atom. The van der Waals surface area contributed by atoms with Gasteiger partial charge in [0.1, 0.15) is 22.4 Å². The summed E-state index contributed by atoms with van der Waals surface area (Å²) in [6.45, 7) is 3.68. The summed E-state index contributed by atoms with van der Waals surface area (Å²) >= 11 is 6.46. The van der Waals surface area contributed by atoms with Crippen molar-refractivity contribution in [1.29, 1.82) is 0 Å². The summed E-state index contributed by atoms with van der Waals surface area (Å²) in [6, 6.07) is 14.2. The molecule has 0 bridgehead atoms. The predicted molar refractivity (Wildman–Crippen MR) is 120 cm³/mol. The average molecular weight is 449 g/mol. The van der Waals surface area contributed by atoms with Crippen molar-refractivity contribution in [3.63, 3.8) is 0 Å². The smallest absolute Gasteiger partial charge is 0.277 e. The van der Waals surface area contributed by atoms with Crippen LogP contribution in [0.2, 0.25) is 5.02 Å². The molecule has 0 unspecified atom stereocenters. The van der Waals surface area contributed by atoms with Gasteiger partial charge in [-0.05, 0) is 43.7 Å². The summed E-state index contributed by atoms with van der Waals surface area (Å²) in [4.78, 5) is 25.7. The first-order valence-corrected chi connectivity index (χ1v) is 10.2. The van der Waals surface area contributed by atoms with Crippen LogP contribution in [-0.4, -0.2) is 20.8 Å². The zero-order valence-electron chi connectivity index (χ0n) is 17.2. The molecule has 0 spiro atoms. The number of carbonyl (C=O) groups is 1. The summed E-state index contributed by atoms with van der Waals surface area (Å²) in [5, 5.41) is 12.1. The molecule has 5 rings (SSSR count). The van der Waals surface area contributed by atoms with Gasteiger partial charge in [-0.2, -0.15) is 0 Å². The fraction of sp³-hybridized carbons (Fsp3) is 0.130. The first-order valence-electron chi connectivity index (χ1n) is 9.83. The van der Waals surface area contributed by atoms with Crippen LogP contribution in [0.1, 0.15) is 27.6 Å². The van der Waals surface area contributed by atoms with E-state index in [1.807, 2.05) is 18.2 Å². The molecule has 0 aliphatic rings. The van der Waals surface area contributed by atoms with E-state index in [1.165, 1.54) is 0 Å². The maximum atomic E-state index is 13.3. The number of amides is 1. The number of carbonyl (C=O) groups excluding carboxylic acids is 1. The Labute approximate surface area is 186 Å². The number of nitrogens with zero attached hydrogens (tertiary/aromatic N) is 3. The highest BCUT2D eigenvalue weighted by Crippen LogP contribution is 2.30. The number of halogens is 1. The minimum atomic E-state index is -0.380. The second kappa shape index (κ2) is 7.65. The van der Waals surface area contributed by atoms with E-state index in [0.717, 1.165) is 5.56 Å². The van der Waals surface area contributed by atoms with Gasteiger partial charge in [-0.25, -0.2) is 0 Å². The molecule has 3 heterocycles. The largest absolute Gasteiger partial charge is 0.361 e. The van der Waals surface area contributed by atoms with Crippen LogP contribution in [0.25, 0.3) is 21.8 Å². The van der Waals surface area contributed by atoms with Gasteiger partial charge in [0.15, 0.2) is 5.69 Å². The first-order chi connectivity index (χ1) is 15.4. The molecule has 0 saturated carbocycles. The van der Waals surface area contributed by atoms with Crippen LogP contribution in [0, 0.1) is 13.8 Å². The lowest BCUT2D eigenvalue weighted by Crippen LogP contribution is -2.22. The molecule has 0 aliphatic carbocycles. The quantitative estimate of drug-likeness (QED) is 0.427. The molecule has 0 saturated heterocycles. The van der Waals surface area contributed by atoms with E-state index in [2.05, 4.69) is 15.6 Å². The summed E-state index contributed by atoms with van der Waals surface area (Å²) in [5.41, 5.74) is 2.46. The number of benzene rings is 2. The van der Waals surface area contributed by atoms with Gasteiger partial charge in [0.2, 0.25) is 0 Å². The molecule has 0 fully saturated rings. The summed E-state index contributed by atoms with van der Waals surface area (Å²) in [5.74, 6) is 0.604. The number of hydrogen-bond donors (Lipinski definition) is 1. The van der Waals surface area contributed by atoms with E-state index in [9.17, 15) is 9.59 Å². The van der Waals surface area contributed by atoms with Crippen LogP contribution in [0.3, 0.4) is 0 Å². The Hall–Kier alpha value is -3.91. The highest BCUT2D eigenvalue weighted by molar-refractivity contribution is 6.37. The third kappa shape index (κ3) is 3.34. The Bertz CT molecular complexity index is 1560. The van der Waals surface area contributed by atoms with E-state index in [-0.39, 0.29) is 23.7 Å². The van der Waals surface area contributed by atoms with Crippen molar-refractivity contribution in [2.45, 2.75) is 20.4 Å². The van der Waals surface area contributed by atoms with Crippen LogP contribution in [-0.2, 0) is 6.54 Å². The Morgan fingerprint density at radius 3 is 2.66 bits per heavy atom. The van der Waals surface area contributed by atoms with Gasteiger partial charge in [0, 0.05) is 17.1 Å². The highest BCUT2D eigenvalue weighted by atomic mass is 35.5. The average Bonchev–Trinajstić information content (AvgIpc) is 3.37. The zero-order chi connectivity index (χ0) is 22.4. The summed E-state index contributed by atoms with van der Waals surface area (Å²) < 4.78 is 11.9. The van der Waals surface area contributed by atoms with Gasteiger partial charge >= 0.3 is 0 Å². The van der Waals surface area contributed by atoms with Crippen molar-refractivity contribution in [3.8, 4) is 0 Å². The SMILES string of the molecule is Cc1cc(C(=O)Nc2cccc(Cn3c(=O)c4c(C)onc4c4c(Cl)cccc43)c2)no1. The molecule has 160 valence electrons. The van der Waals surface area contributed by atoms with E-state index < -0.39 is 0 Å². The third-order valence-electron chi connectivity index (χ3n) is 5.23. The van der Waals surface area contributed by atoms with Crippen molar-refractivity contribution in [3.05, 3.63) is 86.7 Å². The molecule has 9 heteroatoms. The van der Waals surface area contributed by atoms with Crippen molar-refractivity contribution in [1.82, 2.24) is 14.9 Å². The Morgan fingerprint density at radius 1 is 1.06 bits per heavy atom. The fourth-order valence-electron chi connectivity index (χ4n) is 3.77. The topological polar surface area (TPSA) is 103 Å². The third-order valence-corrected chi connectivity index (χ3v) is 5.54. The monoisotopic (exact) mass is 448 g/mol.